The van der Waals surface area contributed by atoms with E-state index in [2.05, 4.69) is 0 Å². The number of carbonyl (C=O) groups is 1. The maximum atomic E-state index is 13.6. The molecule has 3 nitrogen and oxygen atoms in total. The molecule has 1 aliphatic heterocycles. The number of likely N-dealkylation sites (tertiary alicyclic amines) is 1. The van der Waals surface area contributed by atoms with Crippen molar-refractivity contribution in [2.24, 2.45) is 11.7 Å². The lowest BCUT2D eigenvalue weighted by Gasteiger charge is -2.31. The van der Waals surface area contributed by atoms with Gasteiger partial charge in [-0.05, 0) is 43.5 Å². The molecule has 1 saturated heterocycles. The standard InChI is InChI=1S/C13H16ClFN2O.ClH/c14-10-1-2-12(15)11(7-10)13(18)17-5-3-9(8-16)4-6-17;/h1-2,7,9H,3-6,8,16H2;1H. The second-order valence-corrected chi connectivity index (χ2v) is 5.03. The molecule has 0 aliphatic carbocycles. The first kappa shape index (κ1) is 16.2. The van der Waals surface area contributed by atoms with E-state index in [-0.39, 0.29) is 23.9 Å². The fourth-order valence-corrected chi connectivity index (χ4v) is 2.38. The van der Waals surface area contributed by atoms with Crippen molar-refractivity contribution in [1.82, 2.24) is 4.90 Å². The van der Waals surface area contributed by atoms with E-state index in [9.17, 15) is 9.18 Å². The first-order valence-corrected chi connectivity index (χ1v) is 6.44. The van der Waals surface area contributed by atoms with Gasteiger partial charge in [0.05, 0.1) is 5.56 Å². The molecular weight excluding hydrogens is 290 g/mol. The summed E-state index contributed by atoms with van der Waals surface area (Å²) >= 11 is 5.79. The Bertz CT molecular complexity index is 448. The van der Waals surface area contributed by atoms with Crippen LogP contribution in [0.25, 0.3) is 0 Å². The fraction of sp³-hybridized carbons (Fsp3) is 0.462. The van der Waals surface area contributed by atoms with Crippen LogP contribution >= 0.6 is 24.0 Å². The third-order valence-electron chi connectivity index (χ3n) is 3.39. The zero-order valence-electron chi connectivity index (χ0n) is 10.4. The minimum atomic E-state index is -0.523. The van der Waals surface area contributed by atoms with Gasteiger partial charge in [0.2, 0.25) is 0 Å². The molecule has 0 atom stereocenters. The molecule has 6 heteroatoms. The number of carbonyl (C=O) groups excluding carboxylic acids is 1. The zero-order valence-corrected chi connectivity index (χ0v) is 12.0. The molecule has 0 radical (unpaired) electrons. The van der Waals surface area contributed by atoms with Crippen LogP contribution in [0, 0.1) is 11.7 Å². The molecule has 1 amide bonds. The normalized spacial score (nSPS) is 16.1. The van der Waals surface area contributed by atoms with Crippen LogP contribution in [0.5, 0.6) is 0 Å². The average Bonchev–Trinajstić information content (AvgIpc) is 2.41. The highest BCUT2D eigenvalue weighted by molar-refractivity contribution is 6.31. The van der Waals surface area contributed by atoms with Crippen molar-refractivity contribution < 1.29 is 9.18 Å². The number of rotatable bonds is 2. The summed E-state index contributed by atoms with van der Waals surface area (Å²) < 4.78 is 13.6. The van der Waals surface area contributed by atoms with Gasteiger partial charge in [-0.25, -0.2) is 4.39 Å². The Morgan fingerprint density at radius 2 is 2.05 bits per heavy atom. The van der Waals surface area contributed by atoms with Crippen molar-refractivity contribution in [2.75, 3.05) is 19.6 Å². The number of amides is 1. The monoisotopic (exact) mass is 306 g/mol. The summed E-state index contributed by atoms with van der Waals surface area (Å²) in [4.78, 5) is 13.8. The molecule has 0 unspecified atom stereocenters. The lowest BCUT2D eigenvalue weighted by molar-refractivity contribution is 0.0688. The van der Waals surface area contributed by atoms with Gasteiger partial charge in [-0.3, -0.25) is 4.79 Å². The summed E-state index contributed by atoms with van der Waals surface area (Å²) in [5.41, 5.74) is 5.65. The minimum absolute atomic E-state index is 0. The number of hydrogen-bond donors (Lipinski definition) is 1. The van der Waals surface area contributed by atoms with Crippen molar-refractivity contribution in [3.05, 3.63) is 34.6 Å². The predicted molar refractivity (Wildman–Crippen MR) is 76.3 cm³/mol. The van der Waals surface area contributed by atoms with Crippen LogP contribution < -0.4 is 5.73 Å². The van der Waals surface area contributed by atoms with Crippen LogP contribution in [0.3, 0.4) is 0 Å². The van der Waals surface area contributed by atoms with Gasteiger partial charge < -0.3 is 10.6 Å². The van der Waals surface area contributed by atoms with Crippen LogP contribution in [-0.2, 0) is 0 Å². The number of halogens is 3. The van der Waals surface area contributed by atoms with Crippen molar-refractivity contribution in [3.8, 4) is 0 Å². The van der Waals surface area contributed by atoms with Gasteiger partial charge in [0, 0.05) is 18.1 Å². The number of benzene rings is 1. The Labute approximate surface area is 123 Å². The first-order valence-electron chi connectivity index (χ1n) is 6.06. The third-order valence-corrected chi connectivity index (χ3v) is 3.63. The van der Waals surface area contributed by atoms with Gasteiger partial charge in [0.15, 0.2) is 0 Å². The van der Waals surface area contributed by atoms with Gasteiger partial charge in [0.1, 0.15) is 5.82 Å². The Hall–Kier alpha value is -0.840. The maximum absolute atomic E-state index is 13.6. The topological polar surface area (TPSA) is 46.3 Å². The van der Waals surface area contributed by atoms with E-state index < -0.39 is 5.82 Å². The highest BCUT2D eigenvalue weighted by Gasteiger charge is 2.24. The molecular formula is C13H17Cl2FN2O. The van der Waals surface area contributed by atoms with Crippen molar-refractivity contribution >= 4 is 29.9 Å². The van der Waals surface area contributed by atoms with Gasteiger partial charge in [-0.1, -0.05) is 11.6 Å². The molecule has 0 spiro atoms. The van der Waals surface area contributed by atoms with E-state index in [0.29, 0.717) is 30.6 Å². The second-order valence-electron chi connectivity index (χ2n) is 4.60. The van der Waals surface area contributed by atoms with Crippen molar-refractivity contribution in [3.63, 3.8) is 0 Å². The molecule has 1 aromatic rings. The number of hydrogen-bond acceptors (Lipinski definition) is 2. The first-order chi connectivity index (χ1) is 8.61. The Balaban J connectivity index is 0.00000180. The van der Waals surface area contributed by atoms with E-state index in [1.165, 1.54) is 18.2 Å². The largest absolute Gasteiger partial charge is 0.339 e. The molecule has 1 fully saturated rings. The van der Waals surface area contributed by atoms with Crippen LogP contribution in [0.1, 0.15) is 23.2 Å². The Morgan fingerprint density at radius 1 is 1.42 bits per heavy atom. The minimum Gasteiger partial charge on any atom is -0.339 e. The smallest absolute Gasteiger partial charge is 0.256 e. The van der Waals surface area contributed by atoms with Crippen molar-refractivity contribution in [2.45, 2.75) is 12.8 Å². The van der Waals surface area contributed by atoms with E-state index in [1.54, 1.807) is 4.90 Å². The number of piperidine rings is 1. The quantitative estimate of drug-likeness (QED) is 0.913. The highest BCUT2D eigenvalue weighted by atomic mass is 35.5. The van der Waals surface area contributed by atoms with Gasteiger partial charge in [-0.2, -0.15) is 0 Å². The summed E-state index contributed by atoms with van der Waals surface area (Å²) in [6, 6.07) is 4.05. The summed E-state index contributed by atoms with van der Waals surface area (Å²) in [5.74, 6) is -0.339. The SMILES string of the molecule is Cl.NCC1CCN(C(=O)c2cc(Cl)ccc2F)CC1. The molecule has 1 heterocycles. The van der Waals surface area contributed by atoms with Gasteiger partial charge >= 0.3 is 0 Å². The highest BCUT2D eigenvalue weighted by Crippen LogP contribution is 2.21. The van der Waals surface area contributed by atoms with E-state index >= 15 is 0 Å². The van der Waals surface area contributed by atoms with E-state index in [0.717, 1.165) is 12.8 Å². The summed E-state index contributed by atoms with van der Waals surface area (Å²) in [6.07, 6.45) is 1.76. The van der Waals surface area contributed by atoms with Crippen LogP contribution in [0.15, 0.2) is 18.2 Å². The van der Waals surface area contributed by atoms with Crippen LogP contribution in [-0.4, -0.2) is 30.4 Å². The zero-order chi connectivity index (χ0) is 13.1. The van der Waals surface area contributed by atoms with Gasteiger partial charge in [0.25, 0.3) is 5.91 Å². The second kappa shape index (κ2) is 7.08. The lowest BCUT2D eigenvalue weighted by atomic mass is 9.96. The molecule has 0 saturated carbocycles. The fourth-order valence-electron chi connectivity index (χ4n) is 2.20. The molecule has 1 aliphatic rings. The van der Waals surface area contributed by atoms with E-state index in [1.807, 2.05) is 0 Å². The maximum Gasteiger partial charge on any atom is 0.256 e. The summed E-state index contributed by atoms with van der Waals surface area (Å²) in [5, 5.41) is 0.372. The number of nitrogens with zero attached hydrogens (tertiary/aromatic N) is 1. The Morgan fingerprint density at radius 3 is 2.63 bits per heavy atom. The lowest BCUT2D eigenvalue weighted by Crippen LogP contribution is -2.40. The molecule has 1 aromatic carbocycles. The summed E-state index contributed by atoms with van der Waals surface area (Å²) in [7, 11) is 0. The average molecular weight is 307 g/mol. The van der Waals surface area contributed by atoms with Crippen LogP contribution in [0.2, 0.25) is 5.02 Å². The van der Waals surface area contributed by atoms with Crippen molar-refractivity contribution in [1.29, 1.82) is 0 Å². The molecule has 2 N–H and O–H groups in total. The summed E-state index contributed by atoms with van der Waals surface area (Å²) in [6.45, 7) is 1.91. The van der Waals surface area contributed by atoms with Crippen LogP contribution in [0.4, 0.5) is 4.39 Å². The molecule has 2 rings (SSSR count). The van der Waals surface area contributed by atoms with E-state index in [4.69, 9.17) is 17.3 Å². The number of nitrogens with two attached hydrogens (primary N) is 1. The van der Waals surface area contributed by atoms with Gasteiger partial charge in [-0.15, -0.1) is 12.4 Å². The molecule has 0 aromatic heterocycles. The molecule has 19 heavy (non-hydrogen) atoms. The molecule has 0 bridgehead atoms. The predicted octanol–water partition coefficient (Wildman–Crippen LogP) is 2.71. The Kier molecular flexibility index (Phi) is 6.04. The molecule has 106 valence electrons. The third kappa shape index (κ3) is 3.81.